The molecule has 1 aromatic rings. The monoisotopic (exact) mass is 391 g/mol. The fourth-order valence-electron chi connectivity index (χ4n) is 3.87. The van der Waals surface area contributed by atoms with Crippen LogP contribution in [0.2, 0.25) is 0 Å². The van der Waals surface area contributed by atoms with Crippen LogP contribution in [0.4, 0.5) is 0 Å². The molecule has 3 rings (SSSR count). The Morgan fingerprint density at radius 1 is 1.14 bits per heavy atom. The van der Waals surface area contributed by atoms with Crippen molar-refractivity contribution in [2.24, 2.45) is 10.4 Å². The zero-order valence-electron chi connectivity index (χ0n) is 17.1. The minimum atomic E-state index is 0.272. The van der Waals surface area contributed by atoms with Crippen LogP contribution in [0, 0.1) is 5.41 Å². The molecule has 2 aliphatic rings. The molecule has 1 saturated carbocycles. The first-order chi connectivity index (χ1) is 13.7. The fourth-order valence-corrected chi connectivity index (χ4v) is 3.87. The molecule has 28 heavy (non-hydrogen) atoms. The van der Waals surface area contributed by atoms with E-state index in [9.17, 15) is 0 Å². The molecule has 7 nitrogen and oxygen atoms in total. The van der Waals surface area contributed by atoms with Gasteiger partial charge in [0.2, 0.25) is 6.79 Å². The maximum Gasteiger partial charge on any atom is 0.231 e. The van der Waals surface area contributed by atoms with E-state index < -0.39 is 0 Å². The van der Waals surface area contributed by atoms with Crippen LogP contribution in [-0.2, 0) is 4.74 Å². The minimum absolute atomic E-state index is 0.272. The summed E-state index contributed by atoms with van der Waals surface area (Å²) in [5.74, 6) is 3.09. The van der Waals surface area contributed by atoms with Crippen molar-refractivity contribution in [3.8, 4) is 17.2 Å². The van der Waals surface area contributed by atoms with Crippen LogP contribution in [0.5, 0.6) is 17.2 Å². The lowest BCUT2D eigenvalue weighted by Crippen LogP contribution is -2.44. The van der Waals surface area contributed by atoms with Crippen LogP contribution in [-0.4, -0.2) is 52.7 Å². The number of benzene rings is 1. The summed E-state index contributed by atoms with van der Waals surface area (Å²) >= 11 is 0. The third kappa shape index (κ3) is 5.67. The third-order valence-corrected chi connectivity index (χ3v) is 5.51. The van der Waals surface area contributed by atoms with Crippen LogP contribution < -0.4 is 24.8 Å². The highest BCUT2D eigenvalue weighted by Gasteiger charge is 2.33. The summed E-state index contributed by atoms with van der Waals surface area (Å²) in [5.41, 5.74) is 0.329. The van der Waals surface area contributed by atoms with Gasteiger partial charge in [-0.3, -0.25) is 4.99 Å². The van der Waals surface area contributed by atoms with Gasteiger partial charge in [-0.1, -0.05) is 12.8 Å². The predicted molar refractivity (Wildman–Crippen MR) is 109 cm³/mol. The molecule has 7 heteroatoms. The lowest BCUT2D eigenvalue weighted by molar-refractivity contribution is 0.105. The van der Waals surface area contributed by atoms with Gasteiger partial charge in [0.25, 0.3) is 0 Å². The Morgan fingerprint density at radius 2 is 1.96 bits per heavy atom. The molecule has 1 aromatic carbocycles. The molecule has 1 fully saturated rings. The average molecular weight is 392 g/mol. The van der Waals surface area contributed by atoms with Gasteiger partial charge in [0.1, 0.15) is 12.4 Å². The molecule has 0 spiro atoms. The number of aliphatic imine (C=N–C) groups is 1. The summed E-state index contributed by atoms with van der Waals surface area (Å²) in [6.45, 7) is 6.09. The average Bonchev–Trinajstić information content (AvgIpc) is 3.37. The molecule has 0 radical (unpaired) electrons. The van der Waals surface area contributed by atoms with Crippen molar-refractivity contribution < 1.29 is 18.9 Å². The highest BCUT2D eigenvalue weighted by Crippen LogP contribution is 2.40. The number of nitrogens with one attached hydrogen (secondary N) is 2. The zero-order valence-corrected chi connectivity index (χ0v) is 17.1. The highest BCUT2D eigenvalue weighted by atomic mass is 16.7. The van der Waals surface area contributed by atoms with E-state index >= 15 is 0 Å². The molecular formula is C21H33N3O4. The van der Waals surface area contributed by atoms with Gasteiger partial charge in [-0.2, -0.15) is 0 Å². The van der Waals surface area contributed by atoms with Crippen LogP contribution in [0.1, 0.15) is 39.0 Å². The predicted octanol–water partition coefficient (Wildman–Crippen LogP) is 2.95. The lowest BCUT2D eigenvalue weighted by atomic mass is 9.83. The van der Waals surface area contributed by atoms with Gasteiger partial charge in [-0.25, -0.2) is 0 Å². The number of fused-ring (bicyclic) bond motifs is 1. The topological polar surface area (TPSA) is 73.3 Å². The van der Waals surface area contributed by atoms with E-state index in [1.807, 2.05) is 18.2 Å². The highest BCUT2D eigenvalue weighted by molar-refractivity contribution is 5.79. The third-order valence-electron chi connectivity index (χ3n) is 5.51. The van der Waals surface area contributed by atoms with E-state index in [1.54, 1.807) is 7.05 Å². The largest absolute Gasteiger partial charge is 0.492 e. The van der Waals surface area contributed by atoms with Gasteiger partial charge >= 0.3 is 0 Å². The molecule has 1 aliphatic heterocycles. The van der Waals surface area contributed by atoms with Crippen LogP contribution >= 0.6 is 0 Å². The second-order valence-electron chi connectivity index (χ2n) is 7.37. The molecular weight excluding hydrogens is 358 g/mol. The number of guanidine groups is 1. The fraction of sp³-hybridized carbons (Fsp3) is 0.667. The van der Waals surface area contributed by atoms with E-state index in [1.165, 1.54) is 25.7 Å². The number of ether oxygens (including phenoxy) is 4. The Balaban J connectivity index is 1.38. The summed E-state index contributed by atoms with van der Waals surface area (Å²) in [6, 6.07) is 5.62. The van der Waals surface area contributed by atoms with Crippen molar-refractivity contribution in [2.75, 3.05) is 46.8 Å². The van der Waals surface area contributed by atoms with Crippen molar-refractivity contribution in [1.29, 1.82) is 0 Å². The first kappa shape index (κ1) is 20.6. The quantitative estimate of drug-likeness (QED) is 0.363. The van der Waals surface area contributed by atoms with Gasteiger partial charge in [-0.15, -0.1) is 0 Å². The van der Waals surface area contributed by atoms with Crippen molar-refractivity contribution in [1.82, 2.24) is 10.6 Å². The summed E-state index contributed by atoms with van der Waals surface area (Å²) in [5, 5.41) is 6.83. The molecule has 1 heterocycles. The normalized spacial score (nSPS) is 17.6. The molecule has 0 unspecified atom stereocenters. The first-order valence-corrected chi connectivity index (χ1v) is 10.3. The molecule has 156 valence electrons. The van der Waals surface area contributed by atoms with E-state index in [2.05, 4.69) is 22.5 Å². The van der Waals surface area contributed by atoms with Gasteiger partial charge in [0.05, 0.1) is 6.54 Å². The summed E-state index contributed by atoms with van der Waals surface area (Å²) in [7, 11) is 1.80. The number of hydrogen-bond acceptors (Lipinski definition) is 5. The molecule has 0 saturated heterocycles. The Kier molecular flexibility index (Phi) is 7.65. The Hall–Kier alpha value is -2.15. The second kappa shape index (κ2) is 10.4. The van der Waals surface area contributed by atoms with Gasteiger partial charge in [-0.05, 0) is 43.7 Å². The molecule has 0 amide bonds. The van der Waals surface area contributed by atoms with Gasteiger partial charge < -0.3 is 29.6 Å². The van der Waals surface area contributed by atoms with E-state index in [4.69, 9.17) is 18.9 Å². The van der Waals surface area contributed by atoms with Crippen LogP contribution in [0.15, 0.2) is 23.2 Å². The summed E-state index contributed by atoms with van der Waals surface area (Å²) in [6.07, 6.45) is 6.25. The van der Waals surface area contributed by atoms with Crippen LogP contribution in [0.25, 0.3) is 0 Å². The minimum Gasteiger partial charge on any atom is -0.492 e. The SMILES string of the molecule is CCOCCC1(CNC(=NC)NCCOc2ccc3c(c2)OCO3)CCCC1. The van der Waals surface area contributed by atoms with E-state index in [0.29, 0.717) is 18.6 Å². The molecule has 0 bridgehead atoms. The van der Waals surface area contributed by atoms with E-state index in [-0.39, 0.29) is 6.79 Å². The molecule has 0 atom stereocenters. The smallest absolute Gasteiger partial charge is 0.231 e. The number of nitrogens with zero attached hydrogens (tertiary/aromatic N) is 1. The van der Waals surface area contributed by atoms with E-state index in [0.717, 1.165) is 49.4 Å². The zero-order chi connectivity index (χ0) is 19.7. The standard InChI is InChI=1S/C21H33N3O4/c1-3-25-12-10-21(8-4-5-9-21)15-24-20(22-2)23-11-13-26-17-6-7-18-19(14-17)28-16-27-18/h6-7,14H,3-5,8-13,15-16H2,1-2H3,(H2,22,23,24). The van der Waals surface area contributed by atoms with Crippen molar-refractivity contribution >= 4 is 5.96 Å². The van der Waals surface area contributed by atoms with Crippen molar-refractivity contribution in [3.63, 3.8) is 0 Å². The maximum atomic E-state index is 5.79. The molecule has 1 aliphatic carbocycles. The molecule has 0 aromatic heterocycles. The van der Waals surface area contributed by atoms with Crippen molar-refractivity contribution in [3.05, 3.63) is 18.2 Å². The number of hydrogen-bond donors (Lipinski definition) is 2. The number of rotatable bonds is 10. The van der Waals surface area contributed by atoms with Gasteiger partial charge in [0, 0.05) is 32.9 Å². The Labute approximate surface area is 167 Å². The van der Waals surface area contributed by atoms with Gasteiger partial charge in [0.15, 0.2) is 17.5 Å². The summed E-state index contributed by atoms with van der Waals surface area (Å²) < 4.78 is 22.1. The summed E-state index contributed by atoms with van der Waals surface area (Å²) in [4.78, 5) is 4.34. The van der Waals surface area contributed by atoms with Crippen molar-refractivity contribution in [2.45, 2.75) is 39.0 Å². The lowest BCUT2D eigenvalue weighted by Gasteiger charge is -2.30. The Morgan fingerprint density at radius 3 is 2.75 bits per heavy atom. The Bertz CT molecular complexity index is 645. The molecule has 2 N–H and O–H groups in total. The maximum absolute atomic E-state index is 5.79. The first-order valence-electron chi connectivity index (χ1n) is 10.3. The van der Waals surface area contributed by atoms with Crippen LogP contribution in [0.3, 0.4) is 0 Å². The second-order valence-corrected chi connectivity index (χ2v) is 7.37.